The molecule has 1 aliphatic heterocycles. The van der Waals surface area contributed by atoms with Gasteiger partial charge in [0.25, 0.3) is 0 Å². The van der Waals surface area contributed by atoms with Gasteiger partial charge in [0, 0.05) is 24.2 Å². The Kier molecular flexibility index (Phi) is 5.23. The molecule has 7 nitrogen and oxygen atoms in total. The van der Waals surface area contributed by atoms with E-state index >= 15 is 0 Å². The number of ether oxygens (including phenoxy) is 5. The van der Waals surface area contributed by atoms with E-state index in [1.807, 2.05) is 0 Å². The summed E-state index contributed by atoms with van der Waals surface area (Å²) < 4.78 is 28.0. The van der Waals surface area contributed by atoms with Gasteiger partial charge >= 0.3 is 12.1 Å². The van der Waals surface area contributed by atoms with Crippen LogP contribution in [-0.4, -0.2) is 50.4 Å². The van der Waals surface area contributed by atoms with E-state index in [1.165, 1.54) is 7.11 Å². The van der Waals surface area contributed by atoms with Gasteiger partial charge in [0.2, 0.25) is 0 Å². The van der Waals surface area contributed by atoms with Gasteiger partial charge in [0.05, 0.1) is 26.2 Å². The molecular formula is C19H30O7. The van der Waals surface area contributed by atoms with E-state index in [0.717, 1.165) is 6.42 Å². The first kappa shape index (κ1) is 19.4. The Labute approximate surface area is 154 Å². The molecule has 4 atom stereocenters. The topological polar surface area (TPSA) is 80.3 Å². The van der Waals surface area contributed by atoms with Crippen LogP contribution < -0.4 is 0 Å². The predicted octanol–water partition coefficient (Wildman–Crippen LogP) is 2.91. The molecule has 3 rings (SSSR count). The molecule has 0 radical (unpaired) electrons. The maximum Gasteiger partial charge on any atom is 0.508 e. The minimum Gasteiger partial charge on any atom is -0.458 e. The van der Waals surface area contributed by atoms with E-state index in [-0.39, 0.29) is 29.1 Å². The molecule has 0 bridgehead atoms. The predicted molar refractivity (Wildman–Crippen MR) is 91.2 cm³/mol. The van der Waals surface area contributed by atoms with Crippen molar-refractivity contribution < 1.29 is 33.3 Å². The number of fused-ring (bicyclic) bond motifs is 1. The SMILES string of the molecule is COC(=O)O[C@@H]1[C@@H]2CC3(C[C@@H]2C[C@H]1OC(=O)C(C)C)OCC(C)(C)CO3. The zero-order valence-corrected chi connectivity index (χ0v) is 16.3. The van der Waals surface area contributed by atoms with Crippen LogP contribution in [0.3, 0.4) is 0 Å². The van der Waals surface area contributed by atoms with Crippen molar-refractivity contribution >= 4 is 12.1 Å². The summed E-state index contributed by atoms with van der Waals surface area (Å²) in [6.07, 6.45) is 0.264. The molecule has 7 heteroatoms. The highest BCUT2D eigenvalue weighted by atomic mass is 16.7. The summed E-state index contributed by atoms with van der Waals surface area (Å²) in [5.41, 5.74) is 0.000196. The molecule has 148 valence electrons. The third kappa shape index (κ3) is 3.83. The van der Waals surface area contributed by atoms with E-state index in [2.05, 4.69) is 18.6 Å². The Morgan fingerprint density at radius 2 is 1.73 bits per heavy atom. The Morgan fingerprint density at radius 3 is 2.31 bits per heavy atom. The number of carbonyl (C=O) groups is 2. The summed E-state index contributed by atoms with van der Waals surface area (Å²) >= 11 is 0. The summed E-state index contributed by atoms with van der Waals surface area (Å²) in [7, 11) is 1.27. The minimum absolute atomic E-state index is 0.000196. The molecule has 26 heavy (non-hydrogen) atoms. The third-order valence-electron chi connectivity index (χ3n) is 5.64. The normalized spacial score (nSPS) is 34.5. The average Bonchev–Trinajstić information content (AvgIpc) is 3.06. The summed E-state index contributed by atoms with van der Waals surface area (Å²) in [5, 5.41) is 0. The molecule has 0 aromatic heterocycles. The van der Waals surface area contributed by atoms with Gasteiger partial charge in [-0.15, -0.1) is 0 Å². The van der Waals surface area contributed by atoms with Gasteiger partial charge in [0.15, 0.2) is 5.79 Å². The zero-order chi connectivity index (χ0) is 19.1. The second-order valence-electron chi connectivity index (χ2n) is 8.89. The number of methoxy groups -OCH3 is 1. The number of hydrogen-bond acceptors (Lipinski definition) is 7. The van der Waals surface area contributed by atoms with Crippen LogP contribution in [0.5, 0.6) is 0 Å². The van der Waals surface area contributed by atoms with Gasteiger partial charge in [-0.1, -0.05) is 27.7 Å². The fraction of sp³-hybridized carbons (Fsp3) is 0.895. The number of hydrogen-bond donors (Lipinski definition) is 0. The standard InChI is InChI=1S/C19H30O7/c1-11(2)16(20)25-14-6-12-7-19(23-9-18(3,4)10-24-19)8-13(12)15(14)26-17(21)22-5/h11-15H,6-10H2,1-5H3/t12-,13+,14+,15+/m0/s1. The van der Waals surface area contributed by atoms with Crippen LogP contribution in [0.2, 0.25) is 0 Å². The lowest BCUT2D eigenvalue weighted by Gasteiger charge is -2.42. The van der Waals surface area contributed by atoms with E-state index in [4.69, 9.17) is 18.9 Å². The van der Waals surface area contributed by atoms with Gasteiger partial charge in [-0.2, -0.15) is 0 Å². The lowest BCUT2D eigenvalue weighted by atomic mass is 9.94. The van der Waals surface area contributed by atoms with Crippen molar-refractivity contribution in [3.05, 3.63) is 0 Å². The number of rotatable bonds is 3. The molecule has 0 amide bonds. The zero-order valence-electron chi connectivity index (χ0n) is 16.3. The Hall–Kier alpha value is -1.34. The third-order valence-corrected chi connectivity index (χ3v) is 5.64. The lowest BCUT2D eigenvalue weighted by molar-refractivity contribution is -0.298. The minimum atomic E-state index is -0.756. The van der Waals surface area contributed by atoms with E-state index in [9.17, 15) is 9.59 Å². The molecule has 0 aromatic carbocycles. The lowest BCUT2D eigenvalue weighted by Crippen LogP contribution is -2.47. The molecular weight excluding hydrogens is 340 g/mol. The highest BCUT2D eigenvalue weighted by Crippen LogP contribution is 2.54. The Balaban J connectivity index is 1.71. The number of carbonyl (C=O) groups excluding carboxylic acids is 2. The van der Waals surface area contributed by atoms with Crippen molar-refractivity contribution in [2.45, 2.75) is 65.0 Å². The van der Waals surface area contributed by atoms with Crippen LogP contribution in [0.4, 0.5) is 4.79 Å². The fourth-order valence-corrected chi connectivity index (χ4v) is 4.21. The second-order valence-corrected chi connectivity index (χ2v) is 8.89. The molecule has 1 saturated heterocycles. The monoisotopic (exact) mass is 370 g/mol. The molecule has 3 aliphatic rings. The quantitative estimate of drug-likeness (QED) is 0.707. The summed E-state index contributed by atoms with van der Waals surface area (Å²) in [4.78, 5) is 23.8. The molecule has 2 saturated carbocycles. The smallest absolute Gasteiger partial charge is 0.458 e. The first-order chi connectivity index (χ1) is 12.1. The summed E-state index contributed by atoms with van der Waals surface area (Å²) in [5.74, 6) is -0.880. The van der Waals surface area contributed by atoms with Crippen LogP contribution in [0.1, 0.15) is 47.0 Å². The van der Waals surface area contributed by atoms with Gasteiger partial charge < -0.3 is 23.7 Å². The molecule has 0 N–H and O–H groups in total. The van der Waals surface area contributed by atoms with Gasteiger partial charge in [-0.05, 0) is 12.3 Å². The highest BCUT2D eigenvalue weighted by Gasteiger charge is 2.59. The van der Waals surface area contributed by atoms with Crippen molar-refractivity contribution in [3.8, 4) is 0 Å². The van der Waals surface area contributed by atoms with Crippen LogP contribution in [0, 0.1) is 23.2 Å². The van der Waals surface area contributed by atoms with Gasteiger partial charge in [-0.3, -0.25) is 4.79 Å². The first-order valence-corrected chi connectivity index (χ1v) is 9.38. The first-order valence-electron chi connectivity index (χ1n) is 9.38. The van der Waals surface area contributed by atoms with Crippen molar-refractivity contribution in [1.82, 2.24) is 0 Å². The van der Waals surface area contributed by atoms with E-state index in [0.29, 0.717) is 26.1 Å². The summed E-state index contributed by atoms with van der Waals surface area (Å²) in [6.45, 7) is 9.07. The molecule has 2 aliphatic carbocycles. The largest absolute Gasteiger partial charge is 0.508 e. The van der Waals surface area contributed by atoms with Gasteiger partial charge in [-0.25, -0.2) is 4.79 Å². The van der Waals surface area contributed by atoms with Crippen molar-refractivity contribution in [1.29, 1.82) is 0 Å². The van der Waals surface area contributed by atoms with Crippen molar-refractivity contribution in [2.24, 2.45) is 23.2 Å². The van der Waals surface area contributed by atoms with Crippen LogP contribution in [-0.2, 0) is 28.5 Å². The second kappa shape index (κ2) is 7.00. The maximum absolute atomic E-state index is 12.0. The average molecular weight is 370 g/mol. The molecule has 0 unspecified atom stereocenters. The van der Waals surface area contributed by atoms with Crippen LogP contribution >= 0.6 is 0 Å². The van der Waals surface area contributed by atoms with E-state index in [1.54, 1.807) is 13.8 Å². The van der Waals surface area contributed by atoms with Crippen molar-refractivity contribution in [2.75, 3.05) is 20.3 Å². The molecule has 0 aromatic rings. The molecule has 3 fully saturated rings. The van der Waals surface area contributed by atoms with Crippen LogP contribution in [0.15, 0.2) is 0 Å². The maximum atomic E-state index is 12.0. The Morgan fingerprint density at radius 1 is 1.08 bits per heavy atom. The fourth-order valence-electron chi connectivity index (χ4n) is 4.21. The molecule has 1 heterocycles. The highest BCUT2D eigenvalue weighted by molar-refractivity contribution is 5.71. The Bertz CT molecular complexity index is 546. The van der Waals surface area contributed by atoms with Crippen LogP contribution in [0.25, 0.3) is 0 Å². The van der Waals surface area contributed by atoms with E-state index < -0.39 is 24.2 Å². The summed E-state index contributed by atoms with van der Waals surface area (Å²) in [6, 6.07) is 0. The van der Waals surface area contributed by atoms with Crippen molar-refractivity contribution in [3.63, 3.8) is 0 Å². The van der Waals surface area contributed by atoms with Gasteiger partial charge in [0.1, 0.15) is 12.2 Å². The number of esters is 1. The molecule has 1 spiro atoms.